The molecule has 2 saturated heterocycles. The number of hydrogen-bond acceptors (Lipinski definition) is 4. The minimum absolute atomic E-state index is 0.00941. The molecule has 0 aromatic carbocycles. The zero-order valence-corrected chi connectivity index (χ0v) is 14.4. The maximum absolute atomic E-state index is 12.5. The molecule has 0 aliphatic carbocycles. The fourth-order valence-corrected chi connectivity index (χ4v) is 4.04. The molecule has 0 aromatic heterocycles. The maximum Gasteiger partial charge on any atom is 0.250 e. The summed E-state index contributed by atoms with van der Waals surface area (Å²) >= 11 is 1.63. The molecule has 3 unspecified atom stereocenters. The molecule has 6 heteroatoms. The number of ether oxygens (including phenoxy) is 1. The van der Waals surface area contributed by atoms with Crippen LogP contribution in [0.2, 0.25) is 0 Å². The van der Waals surface area contributed by atoms with Crippen LogP contribution in [0.3, 0.4) is 0 Å². The summed E-state index contributed by atoms with van der Waals surface area (Å²) in [5.41, 5.74) is 0.718. The molecule has 0 aromatic rings. The first kappa shape index (κ1) is 17.3. The highest BCUT2D eigenvalue weighted by molar-refractivity contribution is 7.99. The van der Waals surface area contributed by atoms with Crippen molar-refractivity contribution in [3.63, 3.8) is 0 Å². The van der Waals surface area contributed by atoms with Crippen molar-refractivity contribution < 1.29 is 14.3 Å². The molecule has 2 fully saturated rings. The lowest BCUT2D eigenvalue weighted by atomic mass is 10.1. The van der Waals surface area contributed by atoms with E-state index in [0.717, 1.165) is 31.4 Å². The van der Waals surface area contributed by atoms with E-state index < -0.39 is 0 Å². The summed E-state index contributed by atoms with van der Waals surface area (Å²) in [6.07, 6.45) is 4.88. The fraction of sp³-hybridized carbons (Fsp3) is 0.750. The van der Waals surface area contributed by atoms with Gasteiger partial charge in [0.15, 0.2) is 0 Å². The molecule has 0 radical (unpaired) electrons. The van der Waals surface area contributed by atoms with Crippen LogP contribution in [0, 0.1) is 0 Å². The van der Waals surface area contributed by atoms with Gasteiger partial charge in [0, 0.05) is 17.9 Å². The van der Waals surface area contributed by atoms with E-state index in [1.54, 1.807) is 16.7 Å². The second-order valence-electron chi connectivity index (χ2n) is 5.93. The summed E-state index contributed by atoms with van der Waals surface area (Å²) in [5, 5.41) is 3.03. The number of amides is 2. The van der Waals surface area contributed by atoms with Crippen LogP contribution in [0.1, 0.15) is 40.0 Å². The first-order chi connectivity index (χ1) is 10.5. The Hall–Kier alpha value is -1.01. The van der Waals surface area contributed by atoms with E-state index in [9.17, 15) is 9.59 Å². The Morgan fingerprint density at radius 1 is 1.50 bits per heavy atom. The molecule has 2 heterocycles. The van der Waals surface area contributed by atoms with Crippen LogP contribution >= 0.6 is 11.8 Å². The van der Waals surface area contributed by atoms with Crippen LogP contribution in [-0.2, 0) is 14.3 Å². The van der Waals surface area contributed by atoms with Crippen LogP contribution in [-0.4, -0.2) is 53.1 Å². The minimum atomic E-state index is -0.374. The minimum Gasteiger partial charge on any atom is -0.376 e. The van der Waals surface area contributed by atoms with Gasteiger partial charge in [-0.1, -0.05) is 13.0 Å². The predicted octanol–water partition coefficient (Wildman–Crippen LogP) is 1.93. The Kier molecular flexibility index (Phi) is 6.32. The van der Waals surface area contributed by atoms with Gasteiger partial charge in [0.25, 0.3) is 5.91 Å². The summed E-state index contributed by atoms with van der Waals surface area (Å²) in [7, 11) is 0. The van der Waals surface area contributed by atoms with Crippen molar-refractivity contribution in [1.29, 1.82) is 0 Å². The SMILES string of the molecule is CC/C=C(\C)C(=O)N1CSCC1C(=O)NC(C)C1CCCO1. The van der Waals surface area contributed by atoms with Gasteiger partial charge in [-0.05, 0) is 33.1 Å². The van der Waals surface area contributed by atoms with E-state index in [2.05, 4.69) is 5.32 Å². The Morgan fingerprint density at radius 3 is 2.91 bits per heavy atom. The van der Waals surface area contributed by atoms with Gasteiger partial charge in [0.2, 0.25) is 5.91 Å². The van der Waals surface area contributed by atoms with Crippen LogP contribution in [0.4, 0.5) is 0 Å². The van der Waals surface area contributed by atoms with E-state index in [0.29, 0.717) is 11.6 Å². The Labute approximate surface area is 136 Å². The predicted molar refractivity (Wildman–Crippen MR) is 88.6 cm³/mol. The number of allylic oxidation sites excluding steroid dienone is 1. The molecule has 22 heavy (non-hydrogen) atoms. The molecule has 0 bridgehead atoms. The smallest absolute Gasteiger partial charge is 0.250 e. The molecule has 1 N–H and O–H groups in total. The zero-order chi connectivity index (χ0) is 16.1. The lowest BCUT2D eigenvalue weighted by Gasteiger charge is -2.26. The maximum atomic E-state index is 12.5. The van der Waals surface area contributed by atoms with Gasteiger partial charge in [0.1, 0.15) is 6.04 Å². The van der Waals surface area contributed by atoms with Crippen LogP contribution in [0.5, 0.6) is 0 Å². The number of nitrogens with zero attached hydrogens (tertiary/aromatic N) is 1. The van der Waals surface area contributed by atoms with Crippen molar-refractivity contribution in [3.8, 4) is 0 Å². The van der Waals surface area contributed by atoms with Gasteiger partial charge in [0.05, 0.1) is 18.0 Å². The number of rotatable bonds is 5. The molecule has 2 aliphatic rings. The number of thioether (sulfide) groups is 1. The molecule has 3 atom stereocenters. The second-order valence-corrected chi connectivity index (χ2v) is 6.93. The third-order valence-corrected chi connectivity index (χ3v) is 5.20. The summed E-state index contributed by atoms with van der Waals surface area (Å²) in [5.74, 6) is 1.15. The van der Waals surface area contributed by atoms with E-state index in [1.165, 1.54) is 0 Å². The largest absolute Gasteiger partial charge is 0.376 e. The van der Waals surface area contributed by atoms with Crippen molar-refractivity contribution in [2.45, 2.75) is 58.2 Å². The summed E-state index contributed by atoms with van der Waals surface area (Å²) in [6, 6.07) is -0.383. The molecule has 2 aliphatic heterocycles. The summed E-state index contributed by atoms with van der Waals surface area (Å²) < 4.78 is 5.61. The van der Waals surface area contributed by atoms with Crippen LogP contribution < -0.4 is 5.32 Å². The van der Waals surface area contributed by atoms with Gasteiger partial charge in [-0.3, -0.25) is 9.59 Å². The quantitative estimate of drug-likeness (QED) is 0.784. The molecule has 2 rings (SSSR count). The van der Waals surface area contributed by atoms with Gasteiger partial charge < -0.3 is 15.0 Å². The molecule has 124 valence electrons. The molecule has 0 saturated carbocycles. The van der Waals surface area contributed by atoms with Crippen molar-refractivity contribution in [2.75, 3.05) is 18.2 Å². The molecular weight excluding hydrogens is 300 g/mol. The van der Waals surface area contributed by atoms with Gasteiger partial charge in [-0.25, -0.2) is 0 Å². The number of hydrogen-bond donors (Lipinski definition) is 1. The van der Waals surface area contributed by atoms with E-state index >= 15 is 0 Å². The number of carbonyl (C=O) groups excluding carboxylic acids is 2. The monoisotopic (exact) mass is 326 g/mol. The van der Waals surface area contributed by atoms with Crippen molar-refractivity contribution in [2.24, 2.45) is 0 Å². The Bertz CT molecular complexity index is 447. The average molecular weight is 326 g/mol. The van der Waals surface area contributed by atoms with Crippen molar-refractivity contribution >= 4 is 23.6 Å². The zero-order valence-electron chi connectivity index (χ0n) is 13.6. The van der Waals surface area contributed by atoms with Crippen LogP contribution in [0.25, 0.3) is 0 Å². The van der Waals surface area contributed by atoms with E-state index in [4.69, 9.17) is 4.74 Å². The highest BCUT2D eigenvalue weighted by atomic mass is 32.2. The van der Waals surface area contributed by atoms with E-state index in [-0.39, 0.29) is 30.0 Å². The highest BCUT2D eigenvalue weighted by Crippen LogP contribution is 2.24. The number of nitrogens with one attached hydrogen (secondary N) is 1. The van der Waals surface area contributed by atoms with Crippen LogP contribution in [0.15, 0.2) is 11.6 Å². The first-order valence-corrected chi connectivity index (χ1v) is 9.17. The Morgan fingerprint density at radius 2 is 2.27 bits per heavy atom. The second kappa shape index (κ2) is 8.02. The van der Waals surface area contributed by atoms with Crippen molar-refractivity contribution in [3.05, 3.63) is 11.6 Å². The lowest BCUT2D eigenvalue weighted by Crippen LogP contribution is -2.51. The van der Waals surface area contributed by atoms with Gasteiger partial charge in [-0.15, -0.1) is 11.8 Å². The third-order valence-electron chi connectivity index (χ3n) is 4.19. The molecule has 2 amide bonds. The van der Waals surface area contributed by atoms with E-state index in [1.807, 2.05) is 26.8 Å². The highest BCUT2D eigenvalue weighted by Gasteiger charge is 2.36. The fourth-order valence-electron chi connectivity index (χ4n) is 2.89. The van der Waals surface area contributed by atoms with Gasteiger partial charge >= 0.3 is 0 Å². The first-order valence-electron chi connectivity index (χ1n) is 8.02. The summed E-state index contributed by atoms with van der Waals surface area (Å²) in [6.45, 7) is 6.57. The molecule has 5 nitrogen and oxygen atoms in total. The lowest BCUT2D eigenvalue weighted by molar-refractivity contribution is -0.136. The molecule has 0 spiro atoms. The number of carbonyl (C=O) groups is 2. The normalized spacial score (nSPS) is 27.0. The van der Waals surface area contributed by atoms with Crippen molar-refractivity contribution in [1.82, 2.24) is 10.2 Å². The standard InChI is InChI=1S/C16H26N2O3S/c1-4-6-11(2)16(20)18-10-22-9-13(18)15(19)17-12(3)14-7-5-8-21-14/h6,12-14H,4-5,7-10H2,1-3H3,(H,17,19)/b11-6+. The van der Waals surface area contributed by atoms with Gasteiger partial charge in [-0.2, -0.15) is 0 Å². The average Bonchev–Trinajstić information content (AvgIpc) is 3.17. The molecular formula is C16H26N2O3S. The third kappa shape index (κ3) is 4.04. The summed E-state index contributed by atoms with van der Waals surface area (Å²) in [4.78, 5) is 26.6. The Balaban J connectivity index is 1.95. The topological polar surface area (TPSA) is 58.6 Å².